The average Bonchev–Trinajstić information content (AvgIpc) is 1.98. The van der Waals surface area contributed by atoms with Gasteiger partial charge >= 0.3 is 0 Å². The molecule has 0 fully saturated rings. The zero-order valence-corrected chi connectivity index (χ0v) is 7.39. The van der Waals surface area contributed by atoms with Gasteiger partial charge in [0.15, 0.2) is 0 Å². The highest BCUT2D eigenvalue weighted by Gasteiger charge is 2.15. The number of amides is 1. The molecule has 3 heteroatoms. The summed E-state index contributed by atoms with van der Waals surface area (Å²) in [5, 5.41) is 13.2. The lowest BCUT2D eigenvalue weighted by Crippen LogP contribution is -2.40. The highest BCUT2D eigenvalue weighted by molar-refractivity contribution is 5.73. The van der Waals surface area contributed by atoms with E-state index in [0.717, 1.165) is 6.42 Å². The summed E-state index contributed by atoms with van der Waals surface area (Å²) in [7, 11) is 0. The number of hydrogen-bond donors (Lipinski definition) is 1. The zero-order valence-electron chi connectivity index (χ0n) is 7.39. The molecule has 0 aromatic heterocycles. The van der Waals surface area contributed by atoms with Crippen molar-refractivity contribution in [2.75, 3.05) is 6.61 Å². The summed E-state index contributed by atoms with van der Waals surface area (Å²) < 4.78 is 0. The van der Waals surface area contributed by atoms with Gasteiger partial charge < -0.3 is 5.32 Å². The maximum atomic E-state index is 10.6. The number of carbonyl (C=O) groups excluding carboxylic acids is 1. The molecule has 0 unspecified atom stereocenters. The second-order valence-electron chi connectivity index (χ2n) is 2.86. The standard InChI is InChI=1S/C8H16NO2/c1-4-6(2)8(5-10)9-7(3)11/h6,8H,4-5H2,1-3H3,(H,9,11)/t6-,8-/m1/s1. The van der Waals surface area contributed by atoms with E-state index < -0.39 is 0 Å². The molecule has 0 saturated heterocycles. The fourth-order valence-electron chi connectivity index (χ4n) is 0.894. The minimum Gasteiger partial charge on any atom is -0.351 e. The van der Waals surface area contributed by atoms with Crippen molar-refractivity contribution in [3.05, 3.63) is 0 Å². The van der Waals surface area contributed by atoms with Gasteiger partial charge in [-0.2, -0.15) is 0 Å². The van der Waals surface area contributed by atoms with Gasteiger partial charge in [-0.05, 0) is 5.92 Å². The predicted octanol–water partition coefficient (Wildman–Crippen LogP) is 0.968. The largest absolute Gasteiger partial charge is 0.351 e. The molecule has 2 atom stereocenters. The summed E-state index contributed by atoms with van der Waals surface area (Å²) >= 11 is 0. The van der Waals surface area contributed by atoms with Crippen molar-refractivity contribution < 1.29 is 9.90 Å². The molecule has 0 aliphatic heterocycles. The van der Waals surface area contributed by atoms with Crippen LogP contribution < -0.4 is 5.32 Å². The van der Waals surface area contributed by atoms with Gasteiger partial charge in [0.1, 0.15) is 6.61 Å². The Bertz CT molecular complexity index is 125. The molecule has 0 aliphatic carbocycles. The average molecular weight is 158 g/mol. The van der Waals surface area contributed by atoms with Crippen LogP contribution in [0.1, 0.15) is 27.2 Å². The Hall–Kier alpha value is -0.570. The zero-order chi connectivity index (χ0) is 8.85. The fourth-order valence-corrected chi connectivity index (χ4v) is 0.894. The maximum absolute atomic E-state index is 10.6. The van der Waals surface area contributed by atoms with Crippen molar-refractivity contribution in [1.82, 2.24) is 5.32 Å². The number of nitrogens with one attached hydrogen (secondary N) is 1. The van der Waals surface area contributed by atoms with Gasteiger partial charge in [0.2, 0.25) is 5.91 Å². The van der Waals surface area contributed by atoms with E-state index in [1.807, 2.05) is 13.8 Å². The Morgan fingerprint density at radius 2 is 2.09 bits per heavy atom. The molecule has 65 valence electrons. The highest BCUT2D eigenvalue weighted by Crippen LogP contribution is 2.06. The van der Waals surface area contributed by atoms with Gasteiger partial charge in [-0.3, -0.25) is 4.79 Å². The van der Waals surface area contributed by atoms with Crippen molar-refractivity contribution in [2.45, 2.75) is 33.2 Å². The lowest BCUT2D eigenvalue weighted by atomic mass is 10.00. The van der Waals surface area contributed by atoms with Crippen molar-refractivity contribution in [3.8, 4) is 0 Å². The van der Waals surface area contributed by atoms with Gasteiger partial charge in [-0.25, -0.2) is 5.11 Å². The third-order valence-electron chi connectivity index (χ3n) is 1.90. The third kappa shape index (κ3) is 3.98. The van der Waals surface area contributed by atoms with E-state index >= 15 is 0 Å². The molecule has 0 saturated carbocycles. The van der Waals surface area contributed by atoms with Crippen molar-refractivity contribution in [1.29, 1.82) is 0 Å². The molecule has 0 spiro atoms. The van der Waals surface area contributed by atoms with Crippen LogP contribution >= 0.6 is 0 Å². The first-order chi connectivity index (χ1) is 5.11. The van der Waals surface area contributed by atoms with E-state index in [1.54, 1.807) is 0 Å². The molecule has 0 aliphatic rings. The van der Waals surface area contributed by atoms with Crippen LogP contribution in [0.5, 0.6) is 0 Å². The van der Waals surface area contributed by atoms with Crippen molar-refractivity contribution in [3.63, 3.8) is 0 Å². The van der Waals surface area contributed by atoms with Gasteiger partial charge in [0.25, 0.3) is 0 Å². The Balaban J connectivity index is 3.84. The second-order valence-corrected chi connectivity index (χ2v) is 2.86. The van der Waals surface area contributed by atoms with Crippen LogP contribution in [-0.4, -0.2) is 18.6 Å². The summed E-state index contributed by atoms with van der Waals surface area (Å²) in [4.78, 5) is 10.6. The lowest BCUT2D eigenvalue weighted by Gasteiger charge is -2.20. The Morgan fingerprint density at radius 1 is 1.55 bits per heavy atom. The molecule has 0 bridgehead atoms. The van der Waals surface area contributed by atoms with E-state index in [1.165, 1.54) is 6.92 Å². The molecule has 0 aromatic rings. The minimum atomic E-state index is -0.228. The van der Waals surface area contributed by atoms with Crippen LogP contribution in [0.3, 0.4) is 0 Å². The van der Waals surface area contributed by atoms with E-state index in [0.29, 0.717) is 0 Å². The first-order valence-electron chi connectivity index (χ1n) is 3.97. The van der Waals surface area contributed by atoms with Crippen molar-refractivity contribution >= 4 is 5.91 Å². The monoisotopic (exact) mass is 158 g/mol. The molecular formula is C8H16NO2. The predicted molar refractivity (Wildman–Crippen MR) is 42.6 cm³/mol. The van der Waals surface area contributed by atoms with E-state index in [9.17, 15) is 9.90 Å². The molecular weight excluding hydrogens is 142 g/mol. The Morgan fingerprint density at radius 3 is 2.36 bits per heavy atom. The van der Waals surface area contributed by atoms with E-state index in [4.69, 9.17) is 0 Å². The molecule has 0 aromatic carbocycles. The van der Waals surface area contributed by atoms with Crippen LogP contribution in [-0.2, 0) is 9.90 Å². The molecule has 0 heterocycles. The smallest absolute Gasteiger partial charge is 0.217 e. The van der Waals surface area contributed by atoms with Crippen LogP contribution in [0.4, 0.5) is 0 Å². The second kappa shape index (κ2) is 5.13. The van der Waals surface area contributed by atoms with Crippen LogP contribution in [0, 0.1) is 5.92 Å². The molecule has 1 radical (unpaired) electrons. The summed E-state index contributed by atoms with van der Waals surface area (Å²) in [6.45, 7) is 5.19. The molecule has 1 N–H and O–H groups in total. The van der Waals surface area contributed by atoms with Crippen LogP contribution in [0.2, 0.25) is 0 Å². The quantitative estimate of drug-likeness (QED) is 0.651. The van der Waals surface area contributed by atoms with Crippen LogP contribution in [0.25, 0.3) is 0 Å². The van der Waals surface area contributed by atoms with Gasteiger partial charge in [0.05, 0.1) is 6.04 Å². The number of hydrogen-bond acceptors (Lipinski definition) is 1. The first kappa shape index (κ1) is 10.4. The van der Waals surface area contributed by atoms with E-state index in [-0.39, 0.29) is 24.5 Å². The van der Waals surface area contributed by atoms with Crippen molar-refractivity contribution in [2.24, 2.45) is 5.92 Å². The van der Waals surface area contributed by atoms with Gasteiger partial charge in [-0.15, -0.1) is 0 Å². The summed E-state index contributed by atoms with van der Waals surface area (Å²) in [5.41, 5.74) is 0. The normalized spacial score (nSPS) is 15.6. The van der Waals surface area contributed by atoms with Gasteiger partial charge in [-0.1, -0.05) is 20.3 Å². The molecule has 11 heavy (non-hydrogen) atoms. The molecule has 1 amide bonds. The SMILES string of the molecule is CC[C@@H](C)[C@@H](C[O])NC(C)=O. The fraction of sp³-hybridized carbons (Fsp3) is 0.875. The number of rotatable bonds is 4. The summed E-state index contributed by atoms with van der Waals surface area (Å²) in [6.07, 6.45) is 0.924. The van der Waals surface area contributed by atoms with Crippen LogP contribution in [0.15, 0.2) is 0 Å². The Kier molecular flexibility index (Phi) is 4.86. The minimum absolute atomic E-state index is 0.119. The molecule has 3 nitrogen and oxygen atoms in total. The lowest BCUT2D eigenvalue weighted by molar-refractivity contribution is -0.120. The first-order valence-corrected chi connectivity index (χ1v) is 3.97. The third-order valence-corrected chi connectivity index (χ3v) is 1.90. The number of carbonyl (C=O) groups is 1. The highest BCUT2D eigenvalue weighted by atomic mass is 16.3. The summed E-state index contributed by atoms with van der Waals surface area (Å²) in [5.74, 6) is 0.155. The van der Waals surface area contributed by atoms with Gasteiger partial charge in [0, 0.05) is 6.92 Å². The Labute approximate surface area is 67.8 Å². The van der Waals surface area contributed by atoms with E-state index in [2.05, 4.69) is 5.32 Å². The molecule has 0 rings (SSSR count). The maximum Gasteiger partial charge on any atom is 0.217 e. The summed E-state index contributed by atoms with van der Waals surface area (Å²) in [6, 6.07) is -0.197. The topological polar surface area (TPSA) is 49.0 Å².